The third-order valence-electron chi connectivity index (χ3n) is 7.00. The SMILES string of the molecule is CSc1nn2c(c1C(=O)NC1CCCCC1)NC(C)=C(C(=O)Nc1ccc(Cl)cc1)C2c1ccc(Cl)cc1. The minimum absolute atomic E-state index is 0.147. The molecule has 1 fully saturated rings. The molecule has 198 valence electrons. The largest absolute Gasteiger partial charge is 0.349 e. The van der Waals surface area contributed by atoms with Gasteiger partial charge in [-0.3, -0.25) is 9.59 Å². The standard InChI is InChI=1S/C28H29Cl2N5O2S/c1-16-22(26(36)33-21-14-12-19(30)13-15-21)24(17-8-10-18(29)11-9-17)35-25(31-16)23(28(34-35)38-2)27(37)32-20-6-4-3-5-7-20/h8-15,20,24,31H,3-7H2,1-2H3,(H,32,37)(H,33,36). The zero-order chi connectivity index (χ0) is 26.8. The van der Waals surface area contributed by atoms with Crippen molar-refractivity contribution in [3.63, 3.8) is 0 Å². The Bertz CT molecular complexity index is 1380. The van der Waals surface area contributed by atoms with Gasteiger partial charge in [-0.15, -0.1) is 11.8 Å². The highest BCUT2D eigenvalue weighted by atomic mass is 35.5. The van der Waals surface area contributed by atoms with Crippen LogP contribution in [0.5, 0.6) is 0 Å². The molecular weight excluding hydrogens is 541 g/mol. The van der Waals surface area contributed by atoms with Crippen molar-refractivity contribution < 1.29 is 9.59 Å². The molecule has 38 heavy (non-hydrogen) atoms. The van der Waals surface area contributed by atoms with E-state index in [2.05, 4.69) is 16.0 Å². The van der Waals surface area contributed by atoms with Crippen LogP contribution in [0.3, 0.4) is 0 Å². The molecule has 3 N–H and O–H groups in total. The van der Waals surface area contributed by atoms with Crippen LogP contribution in [0, 0.1) is 0 Å². The molecule has 1 aromatic heterocycles. The molecule has 2 aliphatic rings. The topological polar surface area (TPSA) is 88.1 Å². The summed E-state index contributed by atoms with van der Waals surface area (Å²) in [6.07, 6.45) is 7.32. The van der Waals surface area contributed by atoms with Gasteiger partial charge >= 0.3 is 0 Å². The smallest absolute Gasteiger partial charge is 0.258 e. The fourth-order valence-electron chi connectivity index (χ4n) is 5.12. The van der Waals surface area contributed by atoms with Crippen molar-refractivity contribution in [2.75, 3.05) is 16.9 Å². The summed E-state index contributed by atoms with van der Waals surface area (Å²) in [6.45, 7) is 1.85. The molecule has 10 heteroatoms. The van der Waals surface area contributed by atoms with Gasteiger partial charge in [-0.25, -0.2) is 4.68 Å². The number of benzene rings is 2. The van der Waals surface area contributed by atoms with Crippen molar-refractivity contribution in [1.29, 1.82) is 0 Å². The van der Waals surface area contributed by atoms with Crippen LogP contribution in [0.1, 0.15) is 61.0 Å². The summed E-state index contributed by atoms with van der Waals surface area (Å²) in [6, 6.07) is 13.9. The molecule has 1 aliphatic carbocycles. The number of halogens is 2. The summed E-state index contributed by atoms with van der Waals surface area (Å²) >= 11 is 13.6. The first-order valence-corrected chi connectivity index (χ1v) is 14.6. The van der Waals surface area contributed by atoms with Gasteiger partial charge in [0.2, 0.25) is 0 Å². The molecule has 1 aliphatic heterocycles. The Balaban J connectivity index is 1.56. The van der Waals surface area contributed by atoms with Crippen LogP contribution in [0.15, 0.2) is 64.8 Å². The monoisotopic (exact) mass is 569 g/mol. The molecule has 0 spiro atoms. The molecule has 1 saturated carbocycles. The fourth-order valence-corrected chi connectivity index (χ4v) is 5.94. The van der Waals surface area contributed by atoms with E-state index in [1.165, 1.54) is 18.2 Å². The summed E-state index contributed by atoms with van der Waals surface area (Å²) in [5, 5.41) is 16.2. The fraction of sp³-hybridized carbons (Fsp3) is 0.321. The van der Waals surface area contributed by atoms with Gasteiger partial charge in [-0.05, 0) is 68.0 Å². The van der Waals surface area contributed by atoms with E-state index < -0.39 is 6.04 Å². The first-order valence-electron chi connectivity index (χ1n) is 12.6. The highest BCUT2D eigenvalue weighted by Crippen LogP contribution is 2.41. The zero-order valence-electron chi connectivity index (χ0n) is 21.2. The van der Waals surface area contributed by atoms with Gasteiger partial charge in [0.15, 0.2) is 0 Å². The van der Waals surface area contributed by atoms with Crippen molar-refractivity contribution >= 4 is 58.3 Å². The van der Waals surface area contributed by atoms with Crippen molar-refractivity contribution in [1.82, 2.24) is 15.1 Å². The molecule has 2 heterocycles. The summed E-state index contributed by atoms with van der Waals surface area (Å²) < 4.78 is 1.74. The van der Waals surface area contributed by atoms with Gasteiger partial charge < -0.3 is 16.0 Å². The summed E-state index contributed by atoms with van der Waals surface area (Å²) in [4.78, 5) is 27.3. The first-order chi connectivity index (χ1) is 18.4. The van der Waals surface area contributed by atoms with Gasteiger partial charge in [0.25, 0.3) is 11.8 Å². The van der Waals surface area contributed by atoms with Crippen LogP contribution in [0.2, 0.25) is 10.0 Å². The number of fused-ring (bicyclic) bond motifs is 1. The lowest BCUT2D eigenvalue weighted by molar-refractivity contribution is -0.113. The minimum Gasteiger partial charge on any atom is -0.349 e. The predicted molar refractivity (Wildman–Crippen MR) is 154 cm³/mol. The van der Waals surface area contributed by atoms with E-state index >= 15 is 0 Å². The van der Waals surface area contributed by atoms with Gasteiger partial charge in [0.1, 0.15) is 22.4 Å². The average molecular weight is 571 g/mol. The molecule has 2 amide bonds. The molecule has 2 aromatic carbocycles. The van der Waals surface area contributed by atoms with E-state index in [1.807, 2.05) is 25.3 Å². The lowest BCUT2D eigenvalue weighted by Gasteiger charge is -2.30. The molecule has 3 aromatic rings. The van der Waals surface area contributed by atoms with E-state index in [9.17, 15) is 9.59 Å². The molecule has 0 radical (unpaired) electrons. The Morgan fingerprint density at radius 1 is 0.974 bits per heavy atom. The maximum Gasteiger partial charge on any atom is 0.258 e. The van der Waals surface area contributed by atoms with E-state index in [-0.39, 0.29) is 17.9 Å². The predicted octanol–water partition coefficient (Wildman–Crippen LogP) is 6.90. The maximum absolute atomic E-state index is 13.7. The van der Waals surface area contributed by atoms with E-state index in [1.54, 1.807) is 41.1 Å². The number of allylic oxidation sites excluding steroid dienone is 1. The van der Waals surface area contributed by atoms with Crippen molar-refractivity contribution in [2.45, 2.75) is 56.1 Å². The normalized spacial score (nSPS) is 17.5. The number of aromatic nitrogens is 2. The van der Waals surface area contributed by atoms with Gasteiger partial charge in [-0.2, -0.15) is 5.10 Å². The number of nitrogens with one attached hydrogen (secondary N) is 3. The molecule has 7 nitrogen and oxygen atoms in total. The summed E-state index contributed by atoms with van der Waals surface area (Å²) in [5.41, 5.74) is 3.08. The third kappa shape index (κ3) is 5.44. The number of hydrogen-bond donors (Lipinski definition) is 3. The third-order valence-corrected chi connectivity index (χ3v) is 8.18. The van der Waals surface area contributed by atoms with Gasteiger partial charge in [-0.1, -0.05) is 54.6 Å². The number of thioether (sulfide) groups is 1. The van der Waals surface area contributed by atoms with Crippen molar-refractivity contribution in [3.05, 3.63) is 81.0 Å². The summed E-state index contributed by atoms with van der Waals surface area (Å²) in [7, 11) is 0. The second kappa shape index (κ2) is 11.4. The highest BCUT2D eigenvalue weighted by molar-refractivity contribution is 7.98. The van der Waals surface area contributed by atoms with Crippen LogP contribution in [-0.4, -0.2) is 33.9 Å². The van der Waals surface area contributed by atoms with Gasteiger partial charge in [0.05, 0.1) is 5.57 Å². The molecule has 1 atom stereocenters. The Labute approximate surface area is 236 Å². The van der Waals surface area contributed by atoms with Crippen LogP contribution in [-0.2, 0) is 4.79 Å². The molecule has 5 rings (SSSR count). The quantitative estimate of drug-likeness (QED) is 0.281. The van der Waals surface area contributed by atoms with Crippen LogP contribution in [0.4, 0.5) is 11.5 Å². The van der Waals surface area contributed by atoms with Crippen LogP contribution in [0.25, 0.3) is 0 Å². The Hall–Kier alpha value is -2.94. The number of amides is 2. The maximum atomic E-state index is 13.7. The number of rotatable bonds is 6. The average Bonchev–Trinajstić information content (AvgIpc) is 3.28. The number of carbonyl (C=O) groups excluding carboxylic acids is 2. The number of anilines is 2. The van der Waals surface area contributed by atoms with Crippen molar-refractivity contribution in [2.24, 2.45) is 0 Å². The first kappa shape index (κ1) is 26.7. The number of carbonyl (C=O) groups is 2. The van der Waals surface area contributed by atoms with Gasteiger partial charge in [0, 0.05) is 27.5 Å². The summed E-state index contributed by atoms with van der Waals surface area (Å²) in [5.74, 6) is 0.146. The second-order valence-electron chi connectivity index (χ2n) is 9.56. The molecule has 1 unspecified atom stereocenters. The second-order valence-corrected chi connectivity index (χ2v) is 11.2. The van der Waals surface area contributed by atoms with E-state index in [4.69, 9.17) is 28.3 Å². The number of nitrogens with zero attached hydrogens (tertiary/aromatic N) is 2. The molecular formula is C28H29Cl2N5O2S. The lowest BCUT2D eigenvalue weighted by atomic mass is 9.94. The minimum atomic E-state index is -0.571. The molecule has 0 bridgehead atoms. The van der Waals surface area contributed by atoms with E-state index in [0.29, 0.717) is 43.4 Å². The van der Waals surface area contributed by atoms with Crippen LogP contribution < -0.4 is 16.0 Å². The molecule has 0 saturated heterocycles. The highest BCUT2D eigenvalue weighted by Gasteiger charge is 2.37. The lowest BCUT2D eigenvalue weighted by Crippen LogP contribution is -2.37. The van der Waals surface area contributed by atoms with Crippen LogP contribution >= 0.6 is 35.0 Å². The van der Waals surface area contributed by atoms with E-state index in [0.717, 1.165) is 31.2 Å². The Kier molecular flexibility index (Phi) is 8.02. The zero-order valence-corrected chi connectivity index (χ0v) is 23.5. The number of hydrogen-bond acceptors (Lipinski definition) is 5. The van der Waals surface area contributed by atoms with Crippen molar-refractivity contribution in [3.8, 4) is 0 Å². The Morgan fingerprint density at radius 3 is 2.24 bits per heavy atom. The Morgan fingerprint density at radius 2 is 1.61 bits per heavy atom.